The molecule has 0 saturated heterocycles. The standard InChI is InChI=1S/2C16H18O2.2C15H16O2.C13H18O2.C12H16O2.C11H14O2/c17-16(18)12-3-1-2-7-13-9-6-10-14-8-4-5-11-15(13)14;17-16(18)9-3-1-2-6-13-10-11-14-7-4-5-8-15(14)12-13;16-15(17)8-4-1-5-12-9-10-13-6-2-3-7-14(13)11-12;16-15(17)11-4-2-7-13-9-5-8-12-6-1-3-10-14(12)13;14-13(15)11-7-2-1-4-8-12-9-5-3-6-10-12;13-12(14)10-6-2-5-9-11-7-3-1-4-8-11;12-11(13)9-5-4-8-10-6-2-1-3-7-10/h4-6,8-11H,1-3,7,12H2,(H,17,18);4-5,7-8,10-12H,1-3,6,9H2,(H,17,18);2-3,6-7,9-11H,1,4-5,8H2,(H,16,17);1,3,5-6,8-10H,2,4,7,11H2,(H,16,17);3,5-6,9-10H,1-2,4,7-8,11H2,(H,14,15);1,3-4,7-8H,2,5-6,9-10H2,(H,13,14);1-3,6-7H,4-5,8-9H2,(H,12,13). The van der Waals surface area contributed by atoms with Crippen LogP contribution in [-0.4, -0.2) is 77.5 Å². The average Bonchev–Trinajstić information content (AvgIpc) is 0.814. The van der Waals surface area contributed by atoms with Gasteiger partial charge >= 0.3 is 41.8 Å². The second kappa shape index (κ2) is 56.9. The molecule has 7 N–H and O–H groups in total. The van der Waals surface area contributed by atoms with Crippen molar-refractivity contribution in [3.63, 3.8) is 0 Å². The van der Waals surface area contributed by atoms with Gasteiger partial charge in [-0.05, 0) is 217 Å². The summed E-state index contributed by atoms with van der Waals surface area (Å²) in [7, 11) is 0. The van der Waals surface area contributed by atoms with Gasteiger partial charge in [0.05, 0.1) is 0 Å². The Morgan fingerprint density at radius 1 is 0.170 bits per heavy atom. The number of carboxylic acids is 7. The fourth-order valence-corrected chi connectivity index (χ4v) is 12.8. The maximum absolute atomic E-state index is 10.4. The normalized spacial score (nSPS) is 10.4. The Hall–Kier alpha value is -11.3. The van der Waals surface area contributed by atoms with Crippen molar-refractivity contribution in [2.45, 2.75) is 212 Å². The summed E-state index contributed by atoms with van der Waals surface area (Å²) in [4.78, 5) is 72.3. The van der Waals surface area contributed by atoms with Crippen molar-refractivity contribution >= 4 is 84.9 Å². The van der Waals surface area contributed by atoms with Crippen molar-refractivity contribution in [2.75, 3.05) is 0 Å². The first-order chi connectivity index (χ1) is 54.4. The van der Waals surface area contributed by atoms with E-state index in [-0.39, 0.29) is 32.1 Å². The number of aryl methyl sites for hydroxylation is 7. The van der Waals surface area contributed by atoms with Gasteiger partial charge in [-0.3, -0.25) is 33.6 Å². The fourth-order valence-electron chi connectivity index (χ4n) is 12.8. The van der Waals surface area contributed by atoms with E-state index in [1.54, 1.807) is 0 Å². The average molecular weight is 1520 g/mol. The molecule has 14 heteroatoms. The molecule has 0 atom stereocenters. The molecule has 11 aromatic rings. The lowest BCUT2D eigenvalue weighted by atomic mass is 9.99. The SMILES string of the molecule is O=C(O)CCCCCCc1ccccc1.O=C(O)CCCCCc1ccc2ccccc2c1.O=C(O)CCCCCc1cccc2ccccc12.O=C(O)CCCCCc1ccccc1.O=C(O)CCCCc1ccc2ccccc2c1.O=C(O)CCCCc1cccc2ccccc12.O=C(O)CCCCc1ccccc1. The number of aliphatic carboxylic acids is 7. The summed E-state index contributed by atoms with van der Waals surface area (Å²) >= 11 is 0. The minimum Gasteiger partial charge on any atom is -0.481 e. The fraction of sp³-hybridized carbons (Fsp3) is 0.337. The van der Waals surface area contributed by atoms with Crippen LogP contribution in [-0.2, 0) is 78.5 Å². The van der Waals surface area contributed by atoms with Gasteiger partial charge in [-0.2, -0.15) is 0 Å². The first-order valence-corrected chi connectivity index (χ1v) is 39.9. The summed E-state index contributed by atoms with van der Waals surface area (Å²) < 4.78 is 0. The van der Waals surface area contributed by atoms with Crippen LogP contribution in [0.2, 0.25) is 0 Å². The molecular weight excluding hydrogens is 1400 g/mol. The summed E-state index contributed by atoms with van der Waals surface area (Å²) in [5.41, 5.74) is 9.29. The lowest BCUT2D eigenvalue weighted by Gasteiger charge is -2.06. The highest BCUT2D eigenvalue weighted by molar-refractivity contribution is 5.87. The minimum atomic E-state index is -0.706. The van der Waals surface area contributed by atoms with Crippen molar-refractivity contribution in [2.24, 2.45) is 0 Å². The van der Waals surface area contributed by atoms with Gasteiger partial charge in [0.2, 0.25) is 0 Å². The number of carboxylic acid groups (broad SMARTS) is 7. The third-order valence-electron chi connectivity index (χ3n) is 18.9. The molecule has 592 valence electrons. The van der Waals surface area contributed by atoms with Crippen molar-refractivity contribution in [1.29, 1.82) is 0 Å². The van der Waals surface area contributed by atoms with Crippen LogP contribution in [0.25, 0.3) is 43.1 Å². The van der Waals surface area contributed by atoms with Crippen LogP contribution in [0.3, 0.4) is 0 Å². The molecule has 0 fully saturated rings. The second-order valence-electron chi connectivity index (χ2n) is 28.1. The zero-order valence-corrected chi connectivity index (χ0v) is 65.1. The molecule has 0 amide bonds. The van der Waals surface area contributed by atoms with Gasteiger partial charge in [0, 0.05) is 44.9 Å². The lowest BCUT2D eigenvalue weighted by Crippen LogP contribution is -1.95. The van der Waals surface area contributed by atoms with Crippen molar-refractivity contribution in [1.82, 2.24) is 0 Å². The van der Waals surface area contributed by atoms with Gasteiger partial charge in [-0.1, -0.05) is 293 Å². The van der Waals surface area contributed by atoms with Crippen LogP contribution in [0, 0.1) is 0 Å². The predicted molar refractivity (Wildman–Crippen MR) is 455 cm³/mol. The molecule has 0 saturated carbocycles. The molecule has 0 unspecified atom stereocenters. The zero-order chi connectivity index (χ0) is 80.4. The topological polar surface area (TPSA) is 261 Å². The first kappa shape index (κ1) is 91.4. The quantitative estimate of drug-likeness (QED) is 0.0176. The molecule has 0 bridgehead atoms. The van der Waals surface area contributed by atoms with E-state index in [0.29, 0.717) is 12.8 Å². The van der Waals surface area contributed by atoms with Crippen LogP contribution in [0.5, 0.6) is 0 Å². The molecule has 0 radical (unpaired) electrons. The minimum absolute atomic E-state index is 0.269. The van der Waals surface area contributed by atoms with Crippen molar-refractivity contribution < 1.29 is 69.3 Å². The molecule has 0 aliphatic rings. The van der Waals surface area contributed by atoms with Gasteiger partial charge in [0.15, 0.2) is 0 Å². The summed E-state index contributed by atoms with van der Waals surface area (Å²) in [5.74, 6) is -4.87. The van der Waals surface area contributed by atoms with E-state index in [1.807, 2.05) is 72.8 Å². The highest BCUT2D eigenvalue weighted by atomic mass is 16.4. The van der Waals surface area contributed by atoms with E-state index < -0.39 is 41.8 Å². The lowest BCUT2D eigenvalue weighted by molar-refractivity contribution is -0.138. The number of rotatable bonds is 40. The smallest absolute Gasteiger partial charge is 0.303 e. The molecular formula is C98H116O14. The molecule has 11 aromatic carbocycles. The van der Waals surface area contributed by atoms with Gasteiger partial charge in [-0.25, -0.2) is 0 Å². The molecule has 11 rings (SSSR count). The van der Waals surface area contributed by atoms with E-state index in [4.69, 9.17) is 35.7 Å². The maximum atomic E-state index is 10.4. The molecule has 0 spiro atoms. The Balaban J connectivity index is 0.000000234. The predicted octanol–water partition coefficient (Wildman–Crippen LogP) is 24.0. The first-order valence-electron chi connectivity index (χ1n) is 39.9. The Kier molecular flexibility index (Phi) is 46.4. The summed E-state index contributed by atoms with van der Waals surface area (Å²) in [5, 5.41) is 69.7. The molecule has 112 heavy (non-hydrogen) atoms. The Bertz CT molecular complexity index is 4460. The second-order valence-corrected chi connectivity index (χ2v) is 28.1. The molecule has 0 aliphatic carbocycles. The van der Waals surface area contributed by atoms with Crippen LogP contribution in [0.15, 0.2) is 261 Å². The third-order valence-corrected chi connectivity index (χ3v) is 18.9. The summed E-state index contributed by atoms with van der Waals surface area (Å²) in [6.07, 6.45) is 26.9. The van der Waals surface area contributed by atoms with Gasteiger partial charge < -0.3 is 35.7 Å². The van der Waals surface area contributed by atoms with Gasteiger partial charge in [-0.15, -0.1) is 0 Å². The summed E-state index contributed by atoms with van der Waals surface area (Å²) in [6, 6.07) is 89.9. The van der Waals surface area contributed by atoms with E-state index in [2.05, 4.69) is 188 Å². The van der Waals surface area contributed by atoms with Crippen molar-refractivity contribution in [3.05, 3.63) is 300 Å². The third kappa shape index (κ3) is 42.6. The maximum Gasteiger partial charge on any atom is 0.303 e. The largest absolute Gasteiger partial charge is 0.481 e. The Morgan fingerprint density at radius 2 is 0.384 bits per heavy atom. The summed E-state index contributed by atoms with van der Waals surface area (Å²) in [6.45, 7) is 0. The molecule has 14 nitrogen and oxygen atoms in total. The number of unbranched alkanes of at least 4 members (excludes halogenated alkanes) is 12. The number of hydrogen-bond acceptors (Lipinski definition) is 7. The van der Waals surface area contributed by atoms with E-state index >= 15 is 0 Å². The Morgan fingerprint density at radius 3 is 0.696 bits per heavy atom. The zero-order valence-electron chi connectivity index (χ0n) is 65.1. The van der Waals surface area contributed by atoms with Crippen molar-refractivity contribution in [3.8, 4) is 0 Å². The van der Waals surface area contributed by atoms with Crippen LogP contribution < -0.4 is 0 Å². The van der Waals surface area contributed by atoms with E-state index in [9.17, 15) is 33.6 Å². The molecule has 0 aliphatic heterocycles. The van der Waals surface area contributed by atoms with Gasteiger partial charge in [0.25, 0.3) is 0 Å². The van der Waals surface area contributed by atoms with E-state index in [0.717, 1.165) is 167 Å². The van der Waals surface area contributed by atoms with Crippen LogP contribution in [0.1, 0.15) is 206 Å². The number of benzene rings is 11. The highest BCUT2D eigenvalue weighted by Gasteiger charge is 2.07. The Labute approximate surface area is 662 Å². The van der Waals surface area contributed by atoms with Gasteiger partial charge in [0.1, 0.15) is 0 Å². The monoisotopic (exact) mass is 1520 g/mol. The van der Waals surface area contributed by atoms with Crippen LogP contribution >= 0.6 is 0 Å². The number of hydrogen-bond donors (Lipinski definition) is 7. The molecule has 0 heterocycles. The molecule has 0 aromatic heterocycles. The van der Waals surface area contributed by atoms with Crippen LogP contribution in [0.4, 0.5) is 0 Å². The highest BCUT2D eigenvalue weighted by Crippen LogP contribution is 2.24. The number of carbonyl (C=O) groups is 7. The van der Waals surface area contributed by atoms with E-state index in [1.165, 1.54) is 82.0 Å². The number of fused-ring (bicyclic) bond motifs is 4.